The minimum absolute atomic E-state index is 0. The van der Waals surface area contributed by atoms with E-state index in [-0.39, 0.29) is 39.3 Å². The Hall–Kier alpha value is -2.78. The predicted molar refractivity (Wildman–Crippen MR) is 215 cm³/mol. The standard InChI is InChI=1S/C18H17BrN2OS.C17H17BrN2.C3H7.2CH4.Li/c1-18(2,3)23(22)21-17(13-8-6-9-15(19)11-13)16-10-5-4-7-14(16)12-20;1-11(2)17(12-6-5-7-13(18)10-12)15-9-4-3-8-14(15)16(19)20-17;1-3-2;;;/h4-11H,1-3H3;3-11H,1-2H3,(H2,19,20);3H,1-2H3;2*1H4;/q;;-1;;;+1. The summed E-state index contributed by atoms with van der Waals surface area (Å²) in [5.74, 6) is 0.952. The zero-order chi connectivity index (χ0) is 34.1. The van der Waals surface area contributed by atoms with Gasteiger partial charge in [0.15, 0.2) is 0 Å². The van der Waals surface area contributed by atoms with Crippen molar-refractivity contribution in [2.24, 2.45) is 21.0 Å². The van der Waals surface area contributed by atoms with Crippen molar-refractivity contribution in [3.63, 3.8) is 0 Å². The first-order valence-electron chi connectivity index (χ1n) is 15.0. The largest absolute Gasteiger partial charge is 1.00 e. The smallest absolute Gasteiger partial charge is 0.383 e. The molecule has 5 nitrogen and oxygen atoms in total. The molecular weight excluding hydrogens is 751 g/mol. The number of rotatable bonds is 5. The number of nitriles is 1. The van der Waals surface area contributed by atoms with Gasteiger partial charge in [0.25, 0.3) is 0 Å². The van der Waals surface area contributed by atoms with E-state index in [1.54, 1.807) is 12.1 Å². The van der Waals surface area contributed by atoms with E-state index in [0.717, 1.165) is 20.1 Å². The van der Waals surface area contributed by atoms with Crippen LogP contribution in [-0.2, 0) is 16.5 Å². The number of amidine groups is 1. The minimum Gasteiger partial charge on any atom is -0.383 e. The Morgan fingerprint density at radius 3 is 2.02 bits per heavy atom. The number of aliphatic imine (C=N–C) groups is 1. The number of halogens is 2. The molecule has 5 rings (SSSR count). The van der Waals surface area contributed by atoms with Crippen LogP contribution in [0.1, 0.15) is 96.7 Å². The molecule has 2 N–H and O–H groups in total. The van der Waals surface area contributed by atoms with Gasteiger partial charge in [0.05, 0.1) is 22.1 Å². The Labute approximate surface area is 327 Å². The maximum Gasteiger partial charge on any atom is 1.00 e. The molecule has 1 heterocycles. The Balaban J connectivity index is 0.000000828. The predicted octanol–water partition coefficient (Wildman–Crippen LogP) is 8.19. The van der Waals surface area contributed by atoms with Crippen LogP contribution in [0.3, 0.4) is 0 Å². The van der Waals surface area contributed by atoms with Gasteiger partial charge in [-0.1, -0.05) is 127 Å². The SMILES string of the molecule is C.C.CC(C)(C)S(=O)N=C(c1cccc(Br)c1)c1ccccc1C#N.CC(C)C1(c2cccc(Br)c2)N=C(N)c2ccccc21.C[CH-]C.[Li+]. The summed E-state index contributed by atoms with van der Waals surface area (Å²) in [7, 11) is -1.42. The fourth-order valence-corrected chi connectivity index (χ4v) is 6.41. The van der Waals surface area contributed by atoms with Gasteiger partial charge >= 0.3 is 18.9 Å². The number of hydrogen-bond donors (Lipinski definition) is 1. The fraction of sp³-hybridized carbons (Fsp3) is 0.300. The maximum atomic E-state index is 12.5. The third-order valence-electron chi connectivity index (χ3n) is 7.11. The van der Waals surface area contributed by atoms with Crippen LogP contribution < -0.4 is 24.6 Å². The van der Waals surface area contributed by atoms with E-state index in [1.165, 1.54) is 11.1 Å². The van der Waals surface area contributed by atoms with Gasteiger partial charge in [0, 0.05) is 25.6 Å². The van der Waals surface area contributed by atoms with E-state index >= 15 is 0 Å². The molecule has 9 heteroatoms. The van der Waals surface area contributed by atoms with Crippen molar-refractivity contribution in [3.8, 4) is 6.07 Å². The van der Waals surface area contributed by atoms with Gasteiger partial charge in [-0.25, -0.2) is 4.21 Å². The summed E-state index contributed by atoms with van der Waals surface area (Å²) in [5, 5.41) is 9.37. The molecule has 0 aromatic heterocycles. The van der Waals surface area contributed by atoms with Gasteiger partial charge in [0.2, 0.25) is 0 Å². The zero-order valence-corrected chi connectivity index (χ0v) is 32.4. The van der Waals surface area contributed by atoms with Crippen LogP contribution in [0.2, 0.25) is 0 Å². The Kier molecular flexibility index (Phi) is 19.6. The molecule has 1 aliphatic heterocycles. The second-order valence-electron chi connectivity index (χ2n) is 12.0. The van der Waals surface area contributed by atoms with Crippen LogP contribution in [0.5, 0.6) is 0 Å². The van der Waals surface area contributed by atoms with Gasteiger partial charge in [-0.3, -0.25) is 4.99 Å². The maximum absolute atomic E-state index is 12.5. The Bertz CT molecular complexity index is 1790. The molecule has 0 spiro atoms. The van der Waals surface area contributed by atoms with Crippen LogP contribution in [0.25, 0.3) is 0 Å². The summed E-state index contributed by atoms with van der Waals surface area (Å²) < 4.78 is 18.5. The first-order valence-corrected chi connectivity index (χ1v) is 17.7. The summed E-state index contributed by atoms with van der Waals surface area (Å²) in [6.45, 7) is 14.0. The topological polar surface area (TPSA) is 91.6 Å². The van der Waals surface area contributed by atoms with Gasteiger partial charge in [-0.05, 0) is 68.1 Å². The zero-order valence-electron chi connectivity index (χ0n) is 28.4. The first kappa shape index (κ1) is 46.2. The van der Waals surface area contributed by atoms with Crippen molar-refractivity contribution in [3.05, 3.63) is 146 Å². The number of benzene rings is 4. The molecule has 2 atom stereocenters. The van der Waals surface area contributed by atoms with E-state index in [2.05, 4.69) is 92.6 Å². The molecular formula is C40H49Br2LiN4OS. The van der Waals surface area contributed by atoms with Crippen LogP contribution in [0.4, 0.5) is 0 Å². The molecule has 4 aromatic carbocycles. The normalized spacial score (nSPS) is 15.2. The second-order valence-corrected chi connectivity index (χ2v) is 15.8. The molecule has 0 amide bonds. The van der Waals surface area contributed by atoms with Crippen molar-refractivity contribution in [2.45, 2.75) is 73.6 Å². The third kappa shape index (κ3) is 11.4. The van der Waals surface area contributed by atoms with E-state index < -0.39 is 15.7 Å². The van der Waals surface area contributed by atoms with Crippen LogP contribution in [0.15, 0.2) is 115 Å². The molecule has 1 aliphatic rings. The summed E-state index contributed by atoms with van der Waals surface area (Å²) in [6.07, 6.45) is 2.00. The van der Waals surface area contributed by atoms with E-state index in [1.807, 2.05) is 89.6 Å². The molecule has 0 fully saturated rings. The van der Waals surface area contributed by atoms with Gasteiger partial charge in [-0.15, -0.1) is 0 Å². The summed E-state index contributed by atoms with van der Waals surface area (Å²) in [6, 6.07) is 33.6. The molecule has 49 heavy (non-hydrogen) atoms. The Morgan fingerprint density at radius 1 is 0.918 bits per heavy atom. The van der Waals surface area contributed by atoms with E-state index in [4.69, 9.17) is 10.7 Å². The van der Waals surface area contributed by atoms with Crippen LogP contribution in [-0.4, -0.2) is 20.5 Å². The molecule has 0 radical (unpaired) electrons. The van der Waals surface area contributed by atoms with Crippen LogP contribution in [0, 0.1) is 23.7 Å². The monoisotopic (exact) mass is 798 g/mol. The molecule has 256 valence electrons. The first-order chi connectivity index (χ1) is 21.8. The van der Waals surface area contributed by atoms with Crippen molar-refractivity contribution in [1.29, 1.82) is 5.26 Å². The minimum atomic E-state index is -1.42. The summed E-state index contributed by atoms with van der Waals surface area (Å²) in [4.78, 5) is 4.87. The fourth-order valence-electron chi connectivity index (χ4n) is 4.97. The third-order valence-corrected chi connectivity index (χ3v) is 9.49. The van der Waals surface area contributed by atoms with Crippen molar-refractivity contribution >= 4 is 54.4 Å². The average molecular weight is 801 g/mol. The van der Waals surface area contributed by atoms with Gasteiger partial charge < -0.3 is 12.2 Å². The number of nitrogens with two attached hydrogens (primary N) is 1. The molecule has 0 aliphatic carbocycles. The second kappa shape index (κ2) is 20.8. The number of hydrogen-bond acceptors (Lipinski definition) is 4. The molecule has 0 bridgehead atoms. The number of fused-ring (bicyclic) bond motifs is 1. The molecule has 2 unspecified atom stereocenters. The molecule has 0 saturated carbocycles. The van der Waals surface area contributed by atoms with Gasteiger partial charge in [-0.2, -0.15) is 23.5 Å². The summed E-state index contributed by atoms with van der Waals surface area (Å²) in [5.41, 5.74) is 11.8. The number of nitrogens with zero attached hydrogens (tertiary/aromatic N) is 3. The molecule has 0 saturated heterocycles. The Morgan fingerprint density at radius 2 is 1.47 bits per heavy atom. The van der Waals surface area contributed by atoms with Gasteiger partial charge in [0.1, 0.15) is 22.4 Å². The molecule has 4 aromatic rings. The van der Waals surface area contributed by atoms with Crippen molar-refractivity contribution in [2.75, 3.05) is 0 Å². The van der Waals surface area contributed by atoms with Crippen LogP contribution >= 0.6 is 31.9 Å². The van der Waals surface area contributed by atoms with E-state index in [9.17, 15) is 9.47 Å². The summed E-state index contributed by atoms with van der Waals surface area (Å²) >= 11 is 7.01. The quantitative estimate of drug-likeness (QED) is 0.125. The van der Waals surface area contributed by atoms with Crippen molar-refractivity contribution in [1.82, 2.24) is 0 Å². The van der Waals surface area contributed by atoms with Crippen molar-refractivity contribution < 1.29 is 23.1 Å². The van der Waals surface area contributed by atoms with E-state index in [0.29, 0.717) is 28.6 Å². The average Bonchev–Trinajstić information content (AvgIpc) is 3.33.